The summed E-state index contributed by atoms with van der Waals surface area (Å²) < 4.78 is 0. The van der Waals surface area contributed by atoms with Gasteiger partial charge in [-0.3, -0.25) is 0 Å². The molecule has 0 saturated carbocycles. The summed E-state index contributed by atoms with van der Waals surface area (Å²) in [5.41, 5.74) is 6.32. The third-order valence-electron chi connectivity index (χ3n) is 3.06. The van der Waals surface area contributed by atoms with Gasteiger partial charge in [-0.2, -0.15) is 23.5 Å². The fourth-order valence-electron chi connectivity index (χ4n) is 2.13. The molecule has 0 amide bonds. The largest absolute Gasteiger partial charge is 0.327 e. The van der Waals surface area contributed by atoms with Crippen molar-refractivity contribution in [2.75, 3.05) is 11.5 Å². The minimum absolute atomic E-state index is 0.430. The molecule has 0 spiro atoms. The number of nitrogens with two attached hydrogens (primary N) is 1. The van der Waals surface area contributed by atoms with Crippen molar-refractivity contribution in [1.82, 2.24) is 0 Å². The van der Waals surface area contributed by atoms with Crippen LogP contribution < -0.4 is 5.73 Å². The lowest BCUT2D eigenvalue weighted by Crippen LogP contribution is -2.41. The topological polar surface area (TPSA) is 26.0 Å². The average Bonchev–Trinajstić information content (AvgIpc) is 2.29. The summed E-state index contributed by atoms with van der Waals surface area (Å²) in [4.78, 5) is 0. The molecule has 1 heterocycles. The zero-order chi connectivity index (χ0) is 11.1. The highest BCUT2D eigenvalue weighted by Gasteiger charge is 2.29. The number of hydrogen-bond donors (Lipinski definition) is 1. The van der Waals surface area contributed by atoms with Crippen molar-refractivity contribution in [2.45, 2.75) is 62.5 Å². The molecule has 0 aromatic rings. The van der Waals surface area contributed by atoms with Crippen molar-refractivity contribution in [3.8, 4) is 0 Å². The normalized spacial score (nSPS) is 29.0. The lowest BCUT2D eigenvalue weighted by molar-refractivity contribution is 0.526. The fraction of sp³-hybridized carbons (Fsp3) is 1.00. The molecule has 3 atom stereocenters. The van der Waals surface area contributed by atoms with E-state index in [0.717, 1.165) is 5.25 Å². The fourth-order valence-corrected chi connectivity index (χ4v) is 5.36. The molecule has 1 rings (SSSR count). The average molecular weight is 247 g/mol. The zero-order valence-electron chi connectivity index (χ0n) is 10.1. The van der Waals surface area contributed by atoms with Gasteiger partial charge < -0.3 is 5.73 Å². The van der Waals surface area contributed by atoms with Crippen LogP contribution >= 0.6 is 23.5 Å². The number of thioether (sulfide) groups is 2. The Morgan fingerprint density at radius 3 is 2.60 bits per heavy atom. The predicted molar refractivity (Wildman–Crippen MR) is 74.9 cm³/mol. The highest BCUT2D eigenvalue weighted by atomic mass is 32.2. The van der Waals surface area contributed by atoms with E-state index in [-0.39, 0.29) is 0 Å². The highest BCUT2D eigenvalue weighted by Crippen LogP contribution is 2.35. The van der Waals surface area contributed by atoms with Crippen molar-refractivity contribution in [3.63, 3.8) is 0 Å². The first-order chi connectivity index (χ1) is 7.29. The van der Waals surface area contributed by atoms with Gasteiger partial charge in [0.05, 0.1) is 0 Å². The smallest absolute Gasteiger partial charge is 0.0317 e. The maximum Gasteiger partial charge on any atom is 0.0317 e. The standard InChI is InChI=1S/C12H25NS2/c1-3-5-6-7-10(13)12-11(4-2)14-8-9-15-12/h10-12H,3-9,13H2,1-2H3. The van der Waals surface area contributed by atoms with Crippen LogP contribution in [0.15, 0.2) is 0 Å². The lowest BCUT2D eigenvalue weighted by atomic mass is 10.0. The van der Waals surface area contributed by atoms with Crippen molar-refractivity contribution in [1.29, 1.82) is 0 Å². The van der Waals surface area contributed by atoms with Gasteiger partial charge >= 0.3 is 0 Å². The van der Waals surface area contributed by atoms with Gasteiger partial charge in [0.2, 0.25) is 0 Å². The van der Waals surface area contributed by atoms with Crippen LogP contribution in [0.25, 0.3) is 0 Å². The van der Waals surface area contributed by atoms with Crippen LogP contribution in [0.3, 0.4) is 0 Å². The second-order valence-electron chi connectivity index (χ2n) is 4.31. The third-order valence-corrected chi connectivity index (χ3v) is 6.49. The van der Waals surface area contributed by atoms with Crippen molar-refractivity contribution in [2.24, 2.45) is 5.73 Å². The molecule has 1 aliphatic heterocycles. The summed E-state index contributed by atoms with van der Waals surface area (Å²) in [6.07, 6.45) is 6.47. The summed E-state index contributed by atoms with van der Waals surface area (Å²) in [5, 5.41) is 1.52. The van der Waals surface area contributed by atoms with Crippen LogP contribution in [-0.4, -0.2) is 28.0 Å². The van der Waals surface area contributed by atoms with E-state index in [1.807, 2.05) is 0 Å². The first-order valence-corrected chi connectivity index (χ1v) is 8.38. The van der Waals surface area contributed by atoms with Crippen molar-refractivity contribution >= 4 is 23.5 Å². The quantitative estimate of drug-likeness (QED) is 0.727. The molecule has 1 aliphatic rings. The molecular weight excluding hydrogens is 222 g/mol. The van der Waals surface area contributed by atoms with Gasteiger partial charge in [-0.1, -0.05) is 33.1 Å². The van der Waals surface area contributed by atoms with E-state index < -0.39 is 0 Å². The molecule has 0 aromatic carbocycles. The highest BCUT2D eigenvalue weighted by molar-refractivity contribution is 8.07. The molecule has 3 unspecified atom stereocenters. The Morgan fingerprint density at radius 1 is 1.20 bits per heavy atom. The van der Waals surface area contributed by atoms with Crippen molar-refractivity contribution in [3.05, 3.63) is 0 Å². The van der Waals surface area contributed by atoms with Gasteiger partial charge in [0.1, 0.15) is 0 Å². The van der Waals surface area contributed by atoms with E-state index in [1.54, 1.807) is 0 Å². The Kier molecular flexibility index (Phi) is 7.19. The molecule has 0 aromatic heterocycles. The molecule has 90 valence electrons. The summed E-state index contributed by atoms with van der Waals surface area (Å²) in [6, 6.07) is 0.430. The van der Waals surface area contributed by atoms with E-state index in [2.05, 4.69) is 37.4 Å². The number of hydrogen-bond acceptors (Lipinski definition) is 3. The molecule has 0 bridgehead atoms. The minimum atomic E-state index is 0.430. The molecular formula is C12H25NS2. The summed E-state index contributed by atoms with van der Waals surface area (Å²) in [7, 11) is 0. The van der Waals surface area contributed by atoms with Gasteiger partial charge in [-0.25, -0.2) is 0 Å². The van der Waals surface area contributed by atoms with Crippen LogP contribution in [0, 0.1) is 0 Å². The summed E-state index contributed by atoms with van der Waals surface area (Å²) in [5.74, 6) is 2.62. The molecule has 1 saturated heterocycles. The molecule has 2 N–H and O–H groups in total. The van der Waals surface area contributed by atoms with Gasteiger partial charge in [0.25, 0.3) is 0 Å². The first kappa shape index (κ1) is 13.7. The van der Waals surface area contributed by atoms with Gasteiger partial charge in [0.15, 0.2) is 0 Å². The van der Waals surface area contributed by atoms with E-state index >= 15 is 0 Å². The van der Waals surface area contributed by atoms with Crippen molar-refractivity contribution < 1.29 is 0 Å². The first-order valence-electron chi connectivity index (χ1n) is 6.28. The van der Waals surface area contributed by atoms with Crippen LogP contribution in [0.4, 0.5) is 0 Å². The monoisotopic (exact) mass is 247 g/mol. The molecule has 3 heteroatoms. The summed E-state index contributed by atoms with van der Waals surface area (Å²) >= 11 is 4.25. The second-order valence-corrected chi connectivity index (χ2v) is 6.95. The lowest BCUT2D eigenvalue weighted by Gasteiger charge is -2.34. The zero-order valence-corrected chi connectivity index (χ0v) is 11.7. The Hall–Kier alpha value is 0.660. The maximum atomic E-state index is 6.32. The predicted octanol–water partition coefficient (Wildman–Crippen LogP) is 3.52. The number of unbranched alkanes of at least 4 members (excludes halogenated alkanes) is 2. The van der Waals surface area contributed by atoms with E-state index in [4.69, 9.17) is 5.73 Å². The molecule has 0 radical (unpaired) electrons. The molecule has 15 heavy (non-hydrogen) atoms. The van der Waals surface area contributed by atoms with E-state index in [9.17, 15) is 0 Å². The van der Waals surface area contributed by atoms with Crippen LogP contribution in [0.5, 0.6) is 0 Å². The van der Waals surface area contributed by atoms with E-state index in [0.29, 0.717) is 11.3 Å². The summed E-state index contributed by atoms with van der Waals surface area (Å²) in [6.45, 7) is 4.56. The Labute approximate surface area is 103 Å². The second kappa shape index (κ2) is 7.86. The Bertz CT molecular complexity index is 164. The Balaban J connectivity index is 2.31. The van der Waals surface area contributed by atoms with Gasteiger partial charge in [-0.15, -0.1) is 0 Å². The van der Waals surface area contributed by atoms with Crippen LogP contribution in [-0.2, 0) is 0 Å². The maximum absolute atomic E-state index is 6.32. The molecule has 1 fully saturated rings. The van der Waals surface area contributed by atoms with Gasteiger partial charge in [-0.05, 0) is 12.8 Å². The van der Waals surface area contributed by atoms with Crippen LogP contribution in [0.1, 0.15) is 46.0 Å². The number of rotatable bonds is 6. The molecule has 1 nitrogen and oxygen atoms in total. The van der Waals surface area contributed by atoms with Gasteiger partial charge in [0, 0.05) is 28.0 Å². The minimum Gasteiger partial charge on any atom is -0.327 e. The van der Waals surface area contributed by atoms with E-state index in [1.165, 1.54) is 43.6 Å². The third kappa shape index (κ3) is 4.58. The SMILES string of the molecule is CCCCCC(N)C1SCCSC1CC. The molecule has 0 aliphatic carbocycles. The van der Waals surface area contributed by atoms with Crippen LogP contribution in [0.2, 0.25) is 0 Å². The Morgan fingerprint density at radius 2 is 1.93 bits per heavy atom.